The van der Waals surface area contributed by atoms with E-state index < -0.39 is 17.8 Å². The SMILES string of the molecule is CCn1c(=O)oc2ccc(C(N)CC(=O)O)cc21. The number of carboxylic acid groups (broad SMARTS) is 1. The summed E-state index contributed by atoms with van der Waals surface area (Å²) in [6, 6.07) is 4.43. The summed E-state index contributed by atoms with van der Waals surface area (Å²) in [5.41, 5.74) is 7.58. The number of nitrogens with two attached hydrogens (primary N) is 1. The lowest BCUT2D eigenvalue weighted by Crippen LogP contribution is -2.15. The predicted octanol–water partition coefficient (Wildman–Crippen LogP) is 1.09. The Kier molecular flexibility index (Phi) is 3.20. The van der Waals surface area contributed by atoms with Crippen LogP contribution in [0.1, 0.15) is 24.9 Å². The van der Waals surface area contributed by atoms with Crippen LogP contribution in [0, 0.1) is 0 Å². The molecule has 0 aliphatic rings. The van der Waals surface area contributed by atoms with Crippen LogP contribution in [-0.4, -0.2) is 15.6 Å². The van der Waals surface area contributed by atoms with Crippen LogP contribution in [0.15, 0.2) is 27.4 Å². The van der Waals surface area contributed by atoms with Gasteiger partial charge in [0.1, 0.15) is 0 Å². The summed E-state index contributed by atoms with van der Waals surface area (Å²) in [5, 5.41) is 8.71. The average molecular weight is 250 g/mol. The van der Waals surface area contributed by atoms with Gasteiger partial charge in [0.15, 0.2) is 5.58 Å². The van der Waals surface area contributed by atoms with Crippen molar-refractivity contribution in [1.29, 1.82) is 0 Å². The van der Waals surface area contributed by atoms with E-state index in [9.17, 15) is 9.59 Å². The highest BCUT2D eigenvalue weighted by molar-refractivity contribution is 5.74. The molecule has 6 nitrogen and oxygen atoms in total. The molecule has 1 heterocycles. The molecule has 1 aromatic heterocycles. The molecule has 0 aliphatic heterocycles. The van der Waals surface area contributed by atoms with Crippen LogP contribution in [0.25, 0.3) is 11.1 Å². The first-order valence-electron chi connectivity index (χ1n) is 5.63. The summed E-state index contributed by atoms with van der Waals surface area (Å²) in [5.74, 6) is -1.38. The van der Waals surface area contributed by atoms with Crippen LogP contribution in [0.3, 0.4) is 0 Å². The first-order valence-corrected chi connectivity index (χ1v) is 5.63. The number of aliphatic carboxylic acids is 1. The van der Waals surface area contributed by atoms with E-state index >= 15 is 0 Å². The molecule has 2 aromatic rings. The average Bonchev–Trinajstić information content (AvgIpc) is 2.62. The van der Waals surface area contributed by atoms with Crippen molar-refractivity contribution in [3.63, 3.8) is 0 Å². The minimum Gasteiger partial charge on any atom is -0.481 e. The Morgan fingerprint density at radius 3 is 2.89 bits per heavy atom. The number of fused-ring (bicyclic) bond motifs is 1. The van der Waals surface area contributed by atoms with Crippen molar-refractivity contribution in [2.75, 3.05) is 0 Å². The lowest BCUT2D eigenvalue weighted by atomic mass is 10.0. The number of benzene rings is 1. The molecule has 1 aromatic carbocycles. The first-order chi connectivity index (χ1) is 8.52. The molecule has 6 heteroatoms. The summed E-state index contributed by atoms with van der Waals surface area (Å²) in [6.07, 6.45) is -0.153. The normalized spacial score (nSPS) is 12.8. The number of carboxylic acids is 1. The van der Waals surface area contributed by atoms with Gasteiger partial charge in [0.05, 0.1) is 11.9 Å². The molecule has 1 atom stereocenters. The van der Waals surface area contributed by atoms with Crippen LogP contribution in [0.2, 0.25) is 0 Å². The van der Waals surface area contributed by atoms with Crippen molar-refractivity contribution in [2.45, 2.75) is 25.9 Å². The Morgan fingerprint density at radius 2 is 2.28 bits per heavy atom. The van der Waals surface area contributed by atoms with Gasteiger partial charge in [-0.05, 0) is 24.6 Å². The summed E-state index contributed by atoms with van der Waals surface area (Å²) < 4.78 is 6.53. The molecule has 0 saturated heterocycles. The van der Waals surface area contributed by atoms with Crippen LogP contribution >= 0.6 is 0 Å². The van der Waals surface area contributed by atoms with Crippen LogP contribution in [-0.2, 0) is 11.3 Å². The molecule has 0 radical (unpaired) electrons. The van der Waals surface area contributed by atoms with Crippen LogP contribution < -0.4 is 11.5 Å². The number of hydrogen-bond donors (Lipinski definition) is 2. The molecular weight excluding hydrogens is 236 g/mol. The molecule has 1 unspecified atom stereocenters. The molecule has 0 fully saturated rings. The number of carbonyl (C=O) groups is 1. The van der Waals surface area contributed by atoms with Crippen LogP contribution in [0.4, 0.5) is 0 Å². The van der Waals surface area contributed by atoms with E-state index in [0.29, 0.717) is 23.2 Å². The summed E-state index contributed by atoms with van der Waals surface area (Å²) in [4.78, 5) is 22.1. The fourth-order valence-electron chi connectivity index (χ4n) is 1.92. The van der Waals surface area contributed by atoms with E-state index in [1.165, 1.54) is 4.57 Å². The zero-order valence-corrected chi connectivity index (χ0v) is 9.92. The van der Waals surface area contributed by atoms with Gasteiger partial charge in [0.2, 0.25) is 0 Å². The van der Waals surface area contributed by atoms with E-state index in [4.69, 9.17) is 15.3 Å². The molecule has 0 aliphatic carbocycles. The Bertz CT molecular complexity index is 641. The largest absolute Gasteiger partial charge is 0.481 e. The smallest absolute Gasteiger partial charge is 0.419 e. The Hall–Kier alpha value is -2.08. The van der Waals surface area contributed by atoms with E-state index in [1.54, 1.807) is 18.2 Å². The Morgan fingerprint density at radius 1 is 1.56 bits per heavy atom. The summed E-state index contributed by atoms with van der Waals surface area (Å²) in [6.45, 7) is 2.32. The number of aromatic nitrogens is 1. The molecule has 96 valence electrons. The first kappa shape index (κ1) is 12.4. The zero-order valence-electron chi connectivity index (χ0n) is 9.92. The van der Waals surface area contributed by atoms with Gasteiger partial charge in [0.25, 0.3) is 0 Å². The number of aryl methyl sites for hydroxylation is 1. The maximum atomic E-state index is 11.5. The van der Waals surface area contributed by atoms with E-state index in [0.717, 1.165) is 0 Å². The third-order valence-electron chi connectivity index (χ3n) is 2.83. The highest BCUT2D eigenvalue weighted by Crippen LogP contribution is 2.20. The molecule has 18 heavy (non-hydrogen) atoms. The van der Waals surface area contributed by atoms with Crippen molar-refractivity contribution < 1.29 is 14.3 Å². The monoisotopic (exact) mass is 250 g/mol. The van der Waals surface area contributed by atoms with Crippen molar-refractivity contribution in [3.8, 4) is 0 Å². The number of hydrogen-bond acceptors (Lipinski definition) is 4. The van der Waals surface area contributed by atoms with Crippen molar-refractivity contribution in [1.82, 2.24) is 4.57 Å². The zero-order chi connectivity index (χ0) is 13.3. The number of nitrogens with zero attached hydrogens (tertiary/aromatic N) is 1. The third-order valence-corrected chi connectivity index (χ3v) is 2.83. The quantitative estimate of drug-likeness (QED) is 0.846. The maximum absolute atomic E-state index is 11.5. The number of oxazole rings is 1. The van der Waals surface area contributed by atoms with Gasteiger partial charge in [-0.2, -0.15) is 0 Å². The standard InChI is InChI=1S/C12H14N2O4/c1-2-14-9-5-7(8(13)6-11(15)16)3-4-10(9)18-12(14)17/h3-5,8H,2,6,13H2,1H3,(H,15,16). The molecule has 0 spiro atoms. The molecule has 0 saturated carbocycles. The third kappa shape index (κ3) is 2.14. The lowest BCUT2D eigenvalue weighted by Gasteiger charge is -2.09. The van der Waals surface area contributed by atoms with Gasteiger partial charge >= 0.3 is 11.7 Å². The van der Waals surface area contributed by atoms with Gasteiger partial charge in [-0.15, -0.1) is 0 Å². The molecule has 3 N–H and O–H groups in total. The topological polar surface area (TPSA) is 98.5 Å². The van der Waals surface area contributed by atoms with E-state index in [1.807, 2.05) is 6.92 Å². The molecule has 2 rings (SSSR count). The minimum absolute atomic E-state index is 0.153. The second kappa shape index (κ2) is 4.66. The Labute approximate surface area is 103 Å². The van der Waals surface area contributed by atoms with Gasteiger partial charge in [-0.3, -0.25) is 9.36 Å². The second-order valence-electron chi connectivity index (χ2n) is 4.04. The number of rotatable bonds is 4. The maximum Gasteiger partial charge on any atom is 0.419 e. The van der Waals surface area contributed by atoms with Gasteiger partial charge in [0, 0.05) is 12.6 Å². The molecule has 0 bridgehead atoms. The predicted molar refractivity (Wildman–Crippen MR) is 65.3 cm³/mol. The van der Waals surface area contributed by atoms with E-state index in [2.05, 4.69) is 0 Å². The highest BCUT2D eigenvalue weighted by Gasteiger charge is 2.14. The van der Waals surface area contributed by atoms with Crippen molar-refractivity contribution in [2.24, 2.45) is 5.73 Å². The van der Waals surface area contributed by atoms with Crippen LogP contribution in [0.5, 0.6) is 0 Å². The van der Waals surface area contributed by atoms with E-state index in [-0.39, 0.29) is 6.42 Å². The summed E-state index contributed by atoms with van der Waals surface area (Å²) >= 11 is 0. The van der Waals surface area contributed by atoms with Crippen molar-refractivity contribution >= 4 is 17.1 Å². The Balaban J connectivity index is 2.49. The summed E-state index contributed by atoms with van der Waals surface area (Å²) in [7, 11) is 0. The highest BCUT2D eigenvalue weighted by atomic mass is 16.4. The fraction of sp³-hybridized carbons (Fsp3) is 0.333. The van der Waals surface area contributed by atoms with Crippen molar-refractivity contribution in [3.05, 3.63) is 34.3 Å². The lowest BCUT2D eigenvalue weighted by molar-refractivity contribution is -0.137. The molecule has 0 amide bonds. The molecular formula is C12H14N2O4. The minimum atomic E-state index is -0.956. The fourth-order valence-corrected chi connectivity index (χ4v) is 1.92. The van der Waals surface area contributed by atoms with Gasteiger partial charge < -0.3 is 15.3 Å². The second-order valence-corrected chi connectivity index (χ2v) is 4.04. The van der Waals surface area contributed by atoms with Gasteiger partial charge in [-0.25, -0.2) is 4.79 Å². The van der Waals surface area contributed by atoms with Gasteiger partial charge in [-0.1, -0.05) is 6.07 Å².